The molecule has 0 fully saturated rings. The minimum atomic E-state index is -0.263. The third kappa shape index (κ3) is 3.45. The van der Waals surface area contributed by atoms with Crippen molar-refractivity contribution in [3.05, 3.63) is 142 Å². The second-order valence-electron chi connectivity index (χ2n) is 10.3. The Balaban J connectivity index is 1.46. The van der Waals surface area contributed by atoms with Gasteiger partial charge in [0.1, 0.15) is 5.75 Å². The summed E-state index contributed by atoms with van der Waals surface area (Å²) in [6.45, 7) is 0. The molecule has 1 N–H and O–H groups in total. The first kappa shape index (κ1) is 24.0. The standard InChI is InChI=1S/C36H21N3O3/c40-31-20-25-34-33(36(42)24-12-2-4-17-30(24)39(34)29-16-3-1-11-23(29)35(25)41)32(31)28-15-8-14-27(38-28)22-10-7-9-21(19-22)26-13-5-6-18-37-26/h1-20,40H. The highest BCUT2D eigenvalue weighted by Crippen LogP contribution is 2.39. The first-order valence-corrected chi connectivity index (χ1v) is 13.6. The molecule has 0 amide bonds. The number of aromatic nitrogens is 3. The van der Waals surface area contributed by atoms with Gasteiger partial charge in [0.2, 0.25) is 0 Å². The van der Waals surface area contributed by atoms with Crippen molar-refractivity contribution in [3.63, 3.8) is 0 Å². The summed E-state index contributed by atoms with van der Waals surface area (Å²) in [5, 5.41) is 13.0. The van der Waals surface area contributed by atoms with Crippen LogP contribution in [0.15, 0.2) is 131 Å². The van der Waals surface area contributed by atoms with E-state index in [0.29, 0.717) is 44.3 Å². The van der Waals surface area contributed by atoms with Crippen LogP contribution in [0.2, 0.25) is 0 Å². The van der Waals surface area contributed by atoms with Crippen LogP contribution in [0.25, 0.3) is 71.9 Å². The fourth-order valence-electron chi connectivity index (χ4n) is 6.02. The molecule has 6 heteroatoms. The average Bonchev–Trinajstić information content (AvgIpc) is 3.05. The van der Waals surface area contributed by atoms with Gasteiger partial charge in [0, 0.05) is 28.1 Å². The number of phenolic OH excluding ortho intramolecular Hbond substituents is 1. The quantitative estimate of drug-likeness (QED) is 0.191. The Morgan fingerprint density at radius 3 is 1.93 bits per heavy atom. The molecule has 4 heterocycles. The summed E-state index contributed by atoms with van der Waals surface area (Å²) in [6, 6.07) is 35.4. The molecule has 0 aliphatic rings. The van der Waals surface area contributed by atoms with Gasteiger partial charge in [0.25, 0.3) is 0 Å². The van der Waals surface area contributed by atoms with Gasteiger partial charge in [-0.15, -0.1) is 0 Å². The van der Waals surface area contributed by atoms with E-state index in [1.807, 2.05) is 95.4 Å². The largest absolute Gasteiger partial charge is 0.507 e. The van der Waals surface area contributed by atoms with Gasteiger partial charge < -0.3 is 9.51 Å². The van der Waals surface area contributed by atoms with Crippen LogP contribution < -0.4 is 10.9 Å². The van der Waals surface area contributed by atoms with Gasteiger partial charge in [-0.05, 0) is 60.7 Å². The van der Waals surface area contributed by atoms with Crippen molar-refractivity contribution in [2.75, 3.05) is 0 Å². The number of para-hydroxylation sites is 2. The molecule has 0 unspecified atom stereocenters. The van der Waals surface area contributed by atoms with Gasteiger partial charge in [-0.2, -0.15) is 0 Å². The number of rotatable bonds is 3. The van der Waals surface area contributed by atoms with E-state index in [9.17, 15) is 14.7 Å². The second-order valence-corrected chi connectivity index (χ2v) is 10.3. The first-order chi connectivity index (χ1) is 20.6. The lowest BCUT2D eigenvalue weighted by molar-refractivity contribution is 0.478. The smallest absolute Gasteiger partial charge is 0.198 e. The molecule has 8 aromatic rings. The lowest BCUT2D eigenvalue weighted by Gasteiger charge is -2.17. The summed E-state index contributed by atoms with van der Waals surface area (Å²) in [4.78, 5) is 37.3. The van der Waals surface area contributed by atoms with Gasteiger partial charge in [0.15, 0.2) is 10.9 Å². The van der Waals surface area contributed by atoms with E-state index in [1.165, 1.54) is 6.07 Å². The van der Waals surface area contributed by atoms with E-state index in [0.717, 1.165) is 16.8 Å². The summed E-state index contributed by atoms with van der Waals surface area (Å²) in [6.07, 6.45) is 1.76. The Hall–Kier alpha value is -5.88. The Morgan fingerprint density at radius 1 is 0.571 bits per heavy atom. The maximum atomic E-state index is 14.2. The second kappa shape index (κ2) is 9.08. The Morgan fingerprint density at radius 2 is 1.19 bits per heavy atom. The van der Waals surface area contributed by atoms with Crippen molar-refractivity contribution in [1.82, 2.24) is 14.4 Å². The van der Waals surface area contributed by atoms with Crippen LogP contribution in [0.1, 0.15) is 0 Å². The minimum Gasteiger partial charge on any atom is -0.507 e. The summed E-state index contributed by atoms with van der Waals surface area (Å²) < 4.78 is 1.96. The zero-order chi connectivity index (χ0) is 28.4. The van der Waals surface area contributed by atoms with Crippen molar-refractivity contribution < 1.29 is 5.11 Å². The fourth-order valence-corrected chi connectivity index (χ4v) is 6.02. The summed E-state index contributed by atoms with van der Waals surface area (Å²) in [5.74, 6) is -0.170. The molecule has 0 saturated heterocycles. The number of pyridine rings is 4. The number of hydrogen-bond donors (Lipinski definition) is 1. The SMILES string of the molecule is O=c1c2ccccc2n2c3ccccc3c(=O)c3c(-c4cccc(-c5cccc(-c6ccccn6)c5)n4)c(O)cc1c32. The number of phenols is 1. The molecule has 0 radical (unpaired) electrons. The van der Waals surface area contributed by atoms with E-state index in [1.54, 1.807) is 24.4 Å². The highest BCUT2D eigenvalue weighted by molar-refractivity contribution is 6.13. The lowest BCUT2D eigenvalue weighted by Crippen LogP contribution is -2.15. The topological polar surface area (TPSA) is 84.6 Å². The Kier molecular flexibility index (Phi) is 5.18. The van der Waals surface area contributed by atoms with Gasteiger partial charge in [0.05, 0.1) is 50.0 Å². The predicted octanol–water partition coefficient (Wildman–Crippen LogP) is 7.05. The number of nitrogens with zero attached hydrogens (tertiary/aromatic N) is 3. The van der Waals surface area contributed by atoms with Crippen molar-refractivity contribution in [2.24, 2.45) is 0 Å². The predicted molar refractivity (Wildman–Crippen MR) is 167 cm³/mol. The molecular formula is C36H21N3O3. The molecule has 8 rings (SSSR count). The van der Waals surface area contributed by atoms with Gasteiger partial charge >= 0.3 is 0 Å². The number of aromatic hydroxyl groups is 1. The van der Waals surface area contributed by atoms with E-state index in [2.05, 4.69) is 4.98 Å². The molecule has 0 saturated carbocycles. The Labute approximate surface area is 238 Å². The third-order valence-electron chi connectivity index (χ3n) is 7.88. The maximum absolute atomic E-state index is 14.2. The van der Waals surface area contributed by atoms with Crippen LogP contribution in [-0.4, -0.2) is 19.5 Å². The minimum absolute atomic E-state index is 0.170. The molecule has 4 aromatic carbocycles. The van der Waals surface area contributed by atoms with E-state index in [4.69, 9.17) is 4.98 Å². The highest BCUT2D eigenvalue weighted by Gasteiger charge is 2.23. The normalized spacial score (nSPS) is 11.6. The summed E-state index contributed by atoms with van der Waals surface area (Å²) >= 11 is 0. The fraction of sp³-hybridized carbons (Fsp3) is 0. The van der Waals surface area contributed by atoms with E-state index in [-0.39, 0.29) is 27.4 Å². The number of hydrogen-bond acceptors (Lipinski definition) is 5. The van der Waals surface area contributed by atoms with Crippen LogP contribution in [0.4, 0.5) is 0 Å². The molecule has 0 atom stereocenters. The van der Waals surface area contributed by atoms with Crippen LogP contribution >= 0.6 is 0 Å². The third-order valence-corrected chi connectivity index (χ3v) is 7.88. The molecule has 0 bridgehead atoms. The molecule has 0 spiro atoms. The van der Waals surface area contributed by atoms with Crippen LogP contribution in [0.5, 0.6) is 5.75 Å². The summed E-state index contributed by atoms with van der Waals surface area (Å²) in [7, 11) is 0. The van der Waals surface area contributed by atoms with Crippen LogP contribution in [0.3, 0.4) is 0 Å². The maximum Gasteiger partial charge on any atom is 0.198 e. The zero-order valence-electron chi connectivity index (χ0n) is 22.2. The Bertz CT molecular complexity index is 2450. The molecule has 6 nitrogen and oxygen atoms in total. The number of benzene rings is 4. The van der Waals surface area contributed by atoms with Gasteiger partial charge in [-0.25, -0.2) is 4.98 Å². The van der Waals surface area contributed by atoms with Crippen molar-refractivity contribution in [2.45, 2.75) is 0 Å². The van der Waals surface area contributed by atoms with Gasteiger partial charge in [-0.3, -0.25) is 14.6 Å². The summed E-state index contributed by atoms with van der Waals surface area (Å²) in [5.41, 5.74) is 5.44. The zero-order valence-corrected chi connectivity index (χ0v) is 22.2. The molecular weight excluding hydrogens is 522 g/mol. The van der Waals surface area contributed by atoms with Crippen molar-refractivity contribution in [3.8, 4) is 39.5 Å². The molecule has 42 heavy (non-hydrogen) atoms. The average molecular weight is 544 g/mol. The molecule has 0 aliphatic carbocycles. The monoisotopic (exact) mass is 543 g/mol. The van der Waals surface area contributed by atoms with Gasteiger partial charge in [-0.1, -0.05) is 54.6 Å². The molecule has 0 aliphatic heterocycles. The number of fused-ring (bicyclic) bond motifs is 4. The van der Waals surface area contributed by atoms with Crippen LogP contribution in [-0.2, 0) is 0 Å². The van der Waals surface area contributed by atoms with Crippen molar-refractivity contribution >= 4 is 38.1 Å². The molecule has 198 valence electrons. The highest BCUT2D eigenvalue weighted by atomic mass is 16.3. The molecule has 4 aromatic heterocycles. The van der Waals surface area contributed by atoms with E-state index >= 15 is 0 Å². The first-order valence-electron chi connectivity index (χ1n) is 13.6. The van der Waals surface area contributed by atoms with Crippen LogP contribution in [0, 0.1) is 0 Å². The van der Waals surface area contributed by atoms with Crippen molar-refractivity contribution in [1.29, 1.82) is 0 Å². The van der Waals surface area contributed by atoms with E-state index < -0.39 is 0 Å². The lowest BCUT2D eigenvalue weighted by atomic mass is 9.96.